The monoisotopic (exact) mass is 309 g/mol. The Morgan fingerprint density at radius 1 is 1.30 bits per heavy atom. The van der Waals surface area contributed by atoms with Crippen molar-refractivity contribution in [2.45, 2.75) is 38.1 Å². The van der Waals surface area contributed by atoms with Crippen molar-refractivity contribution in [3.8, 4) is 11.3 Å². The van der Waals surface area contributed by atoms with Crippen LogP contribution in [0.25, 0.3) is 11.3 Å². The predicted molar refractivity (Wildman–Crippen MR) is 91.5 cm³/mol. The van der Waals surface area contributed by atoms with Gasteiger partial charge in [0.15, 0.2) is 0 Å². The fraction of sp³-hybridized carbons (Fsp3) is 0.474. The van der Waals surface area contributed by atoms with Crippen molar-refractivity contribution >= 4 is 0 Å². The van der Waals surface area contributed by atoms with Crippen LogP contribution in [0.4, 0.5) is 0 Å². The number of rotatable bonds is 1. The van der Waals surface area contributed by atoms with Crippen molar-refractivity contribution in [1.29, 1.82) is 0 Å². The van der Waals surface area contributed by atoms with Crippen LogP contribution in [0, 0.1) is 5.92 Å². The third kappa shape index (κ3) is 2.16. The molecule has 2 heterocycles. The van der Waals surface area contributed by atoms with Crippen molar-refractivity contribution in [2.24, 2.45) is 13.0 Å². The summed E-state index contributed by atoms with van der Waals surface area (Å²) in [6.07, 6.45) is 2.27. The molecule has 1 aromatic heterocycles. The molecule has 1 saturated heterocycles. The summed E-state index contributed by atoms with van der Waals surface area (Å²) in [4.78, 5) is 11.6. The highest BCUT2D eigenvalue weighted by Crippen LogP contribution is 2.46. The van der Waals surface area contributed by atoms with E-state index in [4.69, 9.17) is 0 Å². The van der Waals surface area contributed by atoms with E-state index in [0.29, 0.717) is 12.0 Å². The quantitative estimate of drug-likeness (QED) is 0.879. The first-order valence-corrected chi connectivity index (χ1v) is 8.40. The summed E-state index contributed by atoms with van der Waals surface area (Å²) in [6.45, 7) is 5.87. The first-order chi connectivity index (χ1) is 11.0. The Hall–Kier alpha value is -1.94. The van der Waals surface area contributed by atoms with Gasteiger partial charge in [-0.3, -0.25) is 4.79 Å². The van der Waals surface area contributed by atoms with E-state index >= 15 is 0 Å². The average molecular weight is 309 g/mol. The first kappa shape index (κ1) is 14.6. The zero-order chi connectivity index (χ0) is 16.2. The van der Waals surface area contributed by atoms with Gasteiger partial charge in [-0.2, -0.15) is 5.10 Å². The molecule has 4 rings (SSSR count). The molecule has 0 unspecified atom stereocenters. The predicted octanol–water partition coefficient (Wildman–Crippen LogP) is 2.26. The summed E-state index contributed by atoms with van der Waals surface area (Å²) < 4.78 is 1.40. The fourth-order valence-corrected chi connectivity index (χ4v) is 4.33. The number of nitrogens with one attached hydrogen (secondary N) is 1. The number of hydrogen-bond donors (Lipinski definition) is 1. The highest BCUT2D eigenvalue weighted by molar-refractivity contribution is 5.62. The van der Waals surface area contributed by atoms with Gasteiger partial charge >= 0.3 is 0 Å². The Morgan fingerprint density at radius 2 is 2.13 bits per heavy atom. The van der Waals surface area contributed by atoms with E-state index in [-0.39, 0.29) is 11.0 Å². The number of aryl methyl sites for hydroxylation is 1. The molecule has 120 valence electrons. The molecule has 1 aliphatic heterocycles. The lowest BCUT2D eigenvalue weighted by Gasteiger charge is -2.50. The van der Waals surface area contributed by atoms with E-state index in [1.165, 1.54) is 22.2 Å². The minimum absolute atomic E-state index is 0.0755. The number of fused-ring (bicyclic) bond motifs is 4. The van der Waals surface area contributed by atoms with Crippen molar-refractivity contribution < 1.29 is 0 Å². The van der Waals surface area contributed by atoms with E-state index in [1.807, 2.05) is 6.07 Å². The van der Waals surface area contributed by atoms with Crippen molar-refractivity contribution in [2.75, 3.05) is 6.54 Å². The topological polar surface area (TPSA) is 46.9 Å². The van der Waals surface area contributed by atoms with Gasteiger partial charge in [-0.1, -0.05) is 26.0 Å². The maximum absolute atomic E-state index is 11.6. The molecule has 2 aliphatic rings. The highest BCUT2D eigenvalue weighted by atomic mass is 16.1. The SMILES string of the molecule is C[C@@H]1[C@H]2Cc3ccc(-c4ccc(=O)n(C)n4)cc3[C@]1(C)CCN2. The summed E-state index contributed by atoms with van der Waals surface area (Å²) in [5.41, 5.74) is 5.04. The molecule has 1 N–H and O–H groups in total. The number of nitrogens with zero attached hydrogens (tertiary/aromatic N) is 2. The van der Waals surface area contributed by atoms with Crippen molar-refractivity contribution in [3.63, 3.8) is 0 Å². The molecule has 1 aromatic carbocycles. The molecule has 3 atom stereocenters. The van der Waals surface area contributed by atoms with Gasteiger partial charge < -0.3 is 5.32 Å². The number of aromatic nitrogens is 2. The number of benzene rings is 1. The minimum atomic E-state index is -0.0755. The van der Waals surface area contributed by atoms with Crippen LogP contribution in [-0.2, 0) is 18.9 Å². The second-order valence-corrected chi connectivity index (χ2v) is 7.27. The Kier molecular flexibility index (Phi) is 3.20. The smallest absolute Gasteiger partial charge is 0.266 e. The Morgan fingerprint density at radius 3 is 2.91 bits per heavy atom. The third-order valence-corrected chi connectivity index (χ3v) is 6.08. The van der Waals surface area contributed by atoms with E-state index in [0.717, 1.165) is 24.2 Å². The Bertz CT molecular complexity index is 826. The number of hydrogen-bond acceptors (Lipinski definition) is 3. The molecule has 2 aromatic rings. The summed E-state index contributed by atoms with van der Waals surface area (Å²) >= 11 is 0. The molecular weight excluding hydrogens is 286 g/mol. The molecule has 23 heavy (non-hydrogen) atoms. The lowest BCUT2D eigenvalue weighted by atomic mass is 9.59. The van der Waals surface area contributed by atoms with Gasteiger partial charge in [0.1, 0.15) is 0 Å². The van der Waals surface area contributed by atoms with Gasteiger partial charge in [0.2, 0.25) is 0 Å². The summed E-state index contributed by atoms with van der Waals surface area (Å²) in [5.74, 6) is 0.632. The van der Waals surface area contributed by atoms with Gasteiger partial charge in [0.05, 0.1) is 5.69 Å². The van der Waals surface area contributed by atoms with E-state index in [1.54, 1.807) is 13.1 Å². The molecule has 0 amide bonds. The molecule has 0 spiro atoms. The van der Waals surface area contributed by atoms with Gasteiger partial charge in [-0.15, -0.1) is 0 Å². The Balaban J connectivity index is 1.85. The van der Waals surface area contributed by atoms with Crippen LogP contribution in [0.5, 0.6) is 0 Å². The largest absolute Gasteiger partial charge is 0.313 e. The van der Waals surface area contributed by atoms with E-state index in [2.05, 4.69) is 42.5 Å². The van der Waals surface area contributed by atoms with Crippen LogP contribution in [0.2, 0.25) is 0 Å². The van der Waals surface area contributed by atoms with Crippen LogP contribution in [0.15, 0.2) is 35.1 Å². The standard InChI is InChI=1S/C19H23N3O/c1-12-17-11-13-4-5-14(16-6-7-18(23)22(3)21-16)10-15(13)19(12,2)8-9-20-17/h4-7,10,12,17,20H,8-9,11H2,1-3H3/t12-,17-,19-/m1/s1. The molecule has 1 aliphatic carbocycles. The molecule has 4 nitrogen and oxygen atoms in total. The fourth-order valence-electron chi connectivity index (χ4n) is 4.33. The van der Waals surface area contributed by atoms with Gasteiger partial charge in [0.25, 0.3) is 5.56 Å². The Labute approximate surface area is 136 Å². The third-order valence-electron chi connectivity index (χ3n) is 6.08. The minimum Gasteiger partial charge on any atom is -0.313 e. The van der Waals surface area contributed by atoms with Crippen molar-refractivity contribution in [1.82, 2.24) is 15.1 Å². The number of piperidine rings is 1. The highest BCUT2D eigenvalue weighted by Gasteiger charge is 2.45. The van der Waals surface area contributed by atoms with E-state index < -0.39 is 0 Å². The lowest BCUT2D eigenvalue weighted by Crippen LogP contribution is -2.56. The molecule has 1 fully saturated rings. The van der Waals surface area contributed by atoms with Crippen LogP contribution < -0.4 is 10.9 Å². The van der Waals surface area contributed by atoms with Gasteiger partial charge in [0, 0.05) is 24.7 Å². The average Bonchev–Trinajstić information content (AvgIpc) is 2.53. The van der Waals surface area contributed by atoms with Gasteiger partial charge in [-0.05, 0) is 54.0 Å². The zero-order valence-electron chi connectivity index (χ0n) is 14.0. The molecule has 2 bridgehead atoms. The summed E-state index contributed by atoms with van der Waals surface area (Å²) in [7, 11) is 1.70. The van der Waals surface area contributed by atoms with Crippen LogP contribution in [0.1, 0.15) is 31.4 Å². The lowest BCUT2D eigenvalue weighted by molar-refractivity contribution is 0.158. The molecule has 4 heteroatoms. The van der Waals surface area contributed by atoms with Crippen LogP contribution in [0.3, 0.4) is 0 Å². The van der Waals surface area contributed by atoms with Gasteiger partial charge in [-0.25, -0.2) is 4.68 Å². The van der Waals surface area contributed by atoms with Crippen molar-refractivity contribution in [3.05, 3.63) is 51.8 Å². The second kappa shape index (κ2) is 5.03. The second-order valence-electron chi connectivity index (χ2n) is 7.27. The molecule has 0 saturated carbocycles. The summed E-state index contributed by atoms with van der Waals surface area (Å²) in [6, 6.07) is 10.7. The van der Waals surface area contributed by atoms with E-state index in [9.17, 15) is 4.79 Å². The zero-order valence-corrected chi connectivity index (χ0v) is 14.0. The summed E-state index contributed by atoms with van der Waals surface area (Å²) in [5, 5.41) is 8.08. The maximum atomic E-state index is 11.6. The van der Waals surface area contributed by atoms with Crippen LogP contribution in [-0.4, -0.2) is 22.4 Å². The maximum Gasteiger partial charge on any atom is 0.266 e. The van der Waals surface area contributed by atoms with Crippen LogP contribution >= 0.6 is 0 Å². The molecular formula is C19H23N3O. The first-order valence-electron chi connectivity index (χ1n) is 8.40. The normalized spacial score (nSPS) is 29.2. The molecule has 0 radical (unpaired) electrons.